The van der Waals surface area contributed by atoms with Crippen LogP contribution in [-0.4, -0.2) is 46.5 Å². The molecule has 2 rings (SSSR count). The Morgan fingerprint density at radius 1 is 1.18 bits per heavy atom. The molecule has 0 saturated heterocycles. The summed E-state index contributed by atoms with van der Waals surface area (Å²) in [5, 5.41) is 8.57. The van der Waals surface area contributed by atoms with Crippen LogP contribution in [0, 0.1) is 13.7 Å². The maximum atomic E-state index is 11.2. The Morgan fingerprint density at radius 3 is 2.09 bits per heavy atom. The van der Waals surface area contributed by atoms with Crippen LogP contribution in [0.15, 0.2) is 24.8 Å². The number of aliphatic hydroxyl groups excluding tert-OH is 1. The summed E-state index contributed by atoms with van der Waals surface area (Å²) in [5.74, 6) is -1.51. The molecule has 0 saturated carbocycles. The first-order valence-electron chi connectivity index (χ1n) is 9.61. The molecule has 0 atom stereocenters. The summed E-state index contributed by atoms with van der Waals surface area (Å²) in [5.41, 5.74) is -0.0670. The predicted molar refractivity (Wildman–Crippen MR) is 77.7 cm³/mol. The third-order valence-corrected chi connectivity index (χ3v) is 1.77. The van der Waals surface area contributed by atoms with Crippen LogP contribution in [0.25, 0.3) is 0 Å². The number of aryl methyl sites for hydroxylation is 2. The first-order valence-corrected chi connectivity index (χ1v) is 5.11. The zero-order valence-electron chi connectivity index (χ0n) is 21.6. The van der Waals surface area contributed by atoms with Gasteiger partial charge in [0, 0.05) is 41.4 Å². The summed E-state index contributed by atoms with van der Waals surface area (Å²) in [6.07, 6.45) is 4.25. The molecular formula is C13H17BN4NaO3. The van der Waals surface area contributed by atoms with E-state index in [4.69, 9.17) is 17.4 Å². The van der Waals surface area contributed by atoms with Gasteiger partial charge in [0.15, 0.2) is 5.82 Å². The fraction of sp³-hybridized carbons (Fsp3) is 0.308. The number of carbonyl (C=O) groups is 1. The molecule has 0 amide bonds. The summed E-state index contributed by atoms with van der Waals surface area (Å²) in [4.78, 5) is 25.3. The van der Waals surface area contributed by atoms with E-state index in [-0.39, 0.29) is 63.0 Å². The number of aliphatic hydroxyl groups is 1. The van der Waals surface area contributed by atoms with E-state index in [2.05, 4.69) is 24.7 Å². The number of methoxy groups -OCH3 is 1. The van der Waals surface area contributed by atoms with Gasteiger partial charge in [-0.1, -0.05) is 0 Å². The third-order valence-electron chi connectivity index (χ3n) is 1.77. The Balaban J connectivity index is -0.000000503. The van der Waals surface area contributed by atoms with Crippen molar-refractivity contribution in [1.29, 1.82) is 0 Å². The predicted octanol–water partition coefficient (Wildman–Crippen LogP) is -2.42. The number of rotatable bonds is 2. The van der Waals surface area contributed by atoms with Gasteiger partial charge in [0.2, 0.25) is 5.82 Å². The largest absolute Gasteiger partial charge is 1.00 e. The minimum atomic E-state index is -2.89. The minimum Gasteiger partial charge on any atom is -1.00 e. The Labute approximate surface area is 167 Å². The molecular weight excluding hydrogens is 294 g/mol. The van der Waals surface area contributed by atoms with Gasteiger partial charge in [0.1, 0.15) is 6.61 Å². The zero-order valence-corrected chi connectivity index (χ0v) is 13.6. The van der Waals surface area contributed by atoms with Crippen LogP contribution < -0.4 is 29.6 Å². The maximum absolute atomic E-state index is 11.2. The first-order chi connectivity index (χ1) is 13.1. The fourth-order valence-corrected chi connectivity index (χ4v) is 0.916. The van der Waals surface area contributed by atoms with E-state index in [1.807, 2.05) is 0 Å². The summed E-state index contributed by atoms with van der Waals surface area (Å²) in [7, 11) is -2.89. The molecule has 9 heteroatoms. The average Bonchev–Trinajstić information content (AvgIpc) is 2.59. The number of esters is 1. The van der Waals surface area contributed by atoms with Gasteiger partial charge in [0.25, 0.3) is 0 Å². The van der Waals surface area contributed by atoms with Crippen molar-refractivity contribution < 1.29 is 58.0 Å². The molecule has 22 heavy (non-hydrogen) atoms. The van der Waals surface area contributed by atoms with E-state index >= 15 is 0 Å². The van der Waals surface area contributed by atoms with E-state index in [1.165, 1.54) is 12.4 Å². The number of hydrogen-bond acceptors (Lipinski definition) is 7. The molecule has 0 bridgehead atoms. The quantitative estimate of drug-likeness (QED) is 0.486. The topological polar surface area (TPSA) is 98.1 Å². The molecule has 2 heterocycles. The molecule has 7 nitrogen and oxygen atoms in total. The van der Waals surface area contributed by atoms with E-state index in [9.17, 15) is 4.79 Å². The number of carbonyl (C=O) groups excluding carboxylic acids is 1. The molecule has 0 aliphatic rings. The second-order valence-corrected chi connectivity index (χ2v) is 3.23. The van der Waals surface area contributed by atoms with Crippen LogP contribution in [0.3, 0.4) is 0 Å². The van der Waals surface area contributed by atoms with Gasteiger partial charge in [-0.05, 0) is 24.8 Å². The fourth-order valence-electron chi connectivity index (χ4n) is 0.916. The molecule has 1 N–H and O–H groups in total. The molecule has 0 fully saturated rings. The van der Waals surface area contributed by atoms with Gasteiger partial charge in [-0.25, -0.2) is 24.7 Å². The molecule has 0 aliphatic heterocycles. The van der Waals surface area contributed by atoms with Crippen LogP contribution in [0.5, 0.6) is 0 Å². The van der Waals surface area contributed by atoms with E-state index < -0.39 is 32.5 Å². The Bertz CT molecular complexity index is 817. The van der Waals surface area contributed by atoms with Crippen molar-refractivity contribution >= 4 is 14.4 Å². The molecule has 111 valence electrons. The summed E-state index contributed by atoms with van der Waals surface area (Å²) in [6, 6.07) is 0. The maximum Gasteiger partial charge on any atom is 1.00 e. The second-order valence-electron chi connectivity index (χ2n) is 3.23. The van der Waals surface area contributed by atoms with Crippen LogP contribution >= 0.6 is 0 Å². The van der Waals surface area contributed by atoms with Gasteiger partial charge >= 0.3 is 35.5 Å². The summed E-state index contributed by atoms with van der Waals surface area (Å²) >= 11 is 0. The van der Waals surface area contributed by atoms with Crippen molar-refractivity contribution in [3.63, 3.8) is 0 Å². The van der Waals surface area contributed by atoms with Crippen molar-refractivity contribution in [3.8, 4) is 0 Å². The molecule has 2 aromatic heterocycles. The molecule has 0 aliphatic carbocycles. The van der Waals surface area contributed by atoms with Crippen molar-refractivity contribution in [2.24, 2.45) is 0 Å². The summed E-state index contributed by atoms with van der Waals surface area (Å²) < 4.78 is 66.2. The van der Waals surface area contributed by atoms with Crippen LogP contribution in [0.4, 0.5) is 0 Å². The van der Waals surface area contributed by atoms with Crippen molar-refractivity contribution in [1.82, 2.24) is 19.9 Å². The van der Waals surface area contributed by atoms with E-state index in [0.717, 1.165) is 12.4 Å². The van der Waals surface area contributed by atoms with Gasteiger partial charge in [-0.2, -0.15) is 0 Å². The molecule has 3 radical (unpaired) electrons. The number of hydrogen-bond donors (Lipinski definition) is 1. The standard InChI is InChI=1S/C7H8N2O2.C6H8N2O.B.Na.H/c1-5-3-8-6(9-4-5)7(10)11-2;1-5-2-7-6(4-9)8-3-5;;;/h3-4H,1-2H3;2-3,9H,4H2,1H3;;;/q;;;+1;-1/i1D3,2D3;1D3;;;. The Hall–Kier alpha value is -1.35. The van der Waals surface area contributed by atoms with Crippen molar-refractivity contribution in [2.45, 2.75) is 20.3 Å². The monoisotopic (exact) mass is 320 g/mol. The number of aromatic nitrogens is 4. The van der Waals surface area contributed by atoms with Gasteiger partial charge < -0.3 is 11.3 Å². The normalized spacial score (nSPS) is 16.3. The molecule has 0 spiro atoms. The van der Waals surface area contributed by atoms with Gasteiger partial charge in [-0.3, -0.25) is 0 Å². The molecule has 0 unspecified atom stereocenters. The number of nitrogens with zero attached hydrogens (tertiary/aromatic N) is 4. The van der Waals surface area contributed by atoms with Crippen LogP contribution in [-0.2, 0) is 11.3 Å². The summed E-state index contributed by atoms with van der Waals surface area (Å²) in [6.45, 7) is -4.83. The van der Waals surface area contributed by atoms with Crippen molar-refractivity contribution in [2.75, 3.05) is 7.04 Å². The number of ether oxygens (including phenoxy) is 1. The molecule has 0 aromatic carbocycles. The average molecular weight is 320 g/mol. The van der Waals surface area contributed by atoms with E-state index in [0.29, 0.717) is 0 Å². The zero-order chi connectivity index (χ0) is 22.5. The van der Waals surface area contributed by atoms with E-state index in [1.54, 1.807) is 0 Å². The Kier molecular flexibility index (Phi) is 5.80. The van der Waals surface area contributed by atoms with Gasteiger partial charge in [-0.15, -0.1) is 0 Å². The van der Waals surface area contributed by atoms with Crippen LogP contribution in [0.1, 0.15) is 41.3 Å². The van der Waals surface area contributed by atoms with Crippen molar-refractivity contribution in [3.05, 3.63) is 47.6 Å². The molecule has 2 aromatic rings. The smallest absolute Gasteiger partial charge is 1.00 e. The van der Waals surface area contributed by atoms with Gasteiger partial charge in [0.05, 0.1) is 11.2 Å². The first kappa shape index (κ1) is 10.4. The minimum absolute atomic E-state index is 0. The second kappa shape index (κ2) is 12.2. The SMILES string of the molecule is [2H]C([2H])([2H])OC(=O)c1ncc(C([2H])([2H])[2H])cn1.[2H]C([2H])([2H])c1cnc(CO)nc1.[B].[H-].[Na+]. The third kappa shape index (κ3) is 8.18. The van der Waals surface area contributed by atoms with Crippen LogP contribution in [0.2, 0.25) is 0 Å². The Morgan fingerprint density at radius 2 is 1.68 bits per heavy atom.